The second-order valence-electron chi connectivity index (χ2n) is 3.17. The molecule has 2 aromatic rings. The summed E-state index contributed by atoms with van der Waals surface area (Å²) >= 11 is 1.36. The Balaban J connectivity index is 2.22. The number of aromatic amines is 1. The van der Waals surface area contributed by atoms with Crippen LogP contribution in [0.25, 0.3) is 0 Å². The topological polar surface area (TPSA) is 113 Å². The van der Waals surface area contributed by atoms with Crippen LogP contribution in [0, 0.1) is 6.92 Å². The van der Waals surface area contributed by atoms with Crippen LogP contribution >= 0.6 is 11.8 Å². The number of hydrogen-bond donors (Lipinski definition) is 3. The summed E-state index contributed by atoms with van der Waals surface area (Å²) in [6.45, 7) is 1.82. The van der Waals surface area contributed by atoms with E-state index in [9.17, 15) is 0 Å². The molecule has 0 aliphatic rings. The van der Waals surface area contributed by atoms with Crippen molar-refractivity contribution in [1.82, 2.24) is 20.2 Å². The Bertz CT molecular complexity index is 552. The lowest BCUT2D eigenvalue weighted by Gasteiger charge is -2.00. The zero-order valence-corrected chi connectivity index (χ0v) is 9.77. The highest BCUT2D eigenvalue weighted by molar-refractivity contribution is 7.99. The number of nitrogens with two attached hydrogens (primary N) is 1. The molecule has 0 unspecified atom stereocenters. The molecule has 88 valence electrons. The standard InChI is InChI=1S/C9H10N6OS/c1-5-12-9(14-13-5)17-6-2-3-11-7(4-6)8(10)15-16/h2-4,16H,1H3,(H2,10,15)(H,12,13,14). The van der Waals surface area contributed by atoms with Gasteiger partial charge in [0.1, 0.15) is 11.5 Å². The molecule has 17 heavy (non-hydrogen) atoms. The van der Waals surface area contributed by atoms with Crippen molar-refractivity contribution in [2.45, 2.75) is 17.0 Å². The van der Waals surface area contributed by atoms with E-state index in [-0.39, 0.29) is 5.84 Å². The largest absolute Gasteiger partial charge is 0.409 e. The number of oxime groups is 1. The van der Waals surface area contributed by atoms with Gasteiger partial charge in [-0.25, -0.2) is 4.98 Å². The zero-order valence-electron chi connectivity index (χ0n) is 8.95. The summed E-state index contributed by atoms with van der Waals surface area (Å²) in [6.07, 6.45) is 1.58. The van der Waals surface area contributed by atoms with Gasteiger partial charge in [0.15, 0.2) is 5.84 Å². The summed E-state index contributed by atoms with van der Waals surface area (Å²) in [5.41, 5.74) is 5.86. The lowest BCUT2D eigenvalue weighted by Crippen LogP contribution is -2.14. The van der Waals surface area contributed by atoms with Crippen LogP contribution in [0.3, 0.4) is 0 Å². The Kier molecular flexibility index (Phi) is 3.24. The van der Waals surface area contributed by atoms with E-state index >= 15 is 0 Å². The van der Waals surface area contributed by atoms with Crippen molar-refractivity contribution in [1.29, 1.82) is 0 Å². The van der Waals surface area contributed by atoms with Crippen molar-refractivity contribution < 1.29 is 5.21 Å². The summed E-state index contributed by atoms with van der Waals surface area (Å²) < 4.78 is 0. The van der Waals surface area contributed by atoms with Crippen molar-refractivity contribution in [2.75, 3.05) is 0 Å². The highest BCUT2D eigenvalue weighted by Crippen LogP contribution is 2.24. The highest BCUT2D eigenvalue weighted by Gasteiger charge is 2.06. The number of rotatable bonds is 3. The first-order valence-corrected chi connectivity index (χ1v) is 5.51. The second kappa shape index (κ2) is 4.83. The molecule has 0 spiro atoms. The molecule has 0 saturated carbocycles. The van der Waals surface area contributed by atoms with Gasteiger partial charge in [-0.2, -0.15) is 0 Å². The van der Waals surface area contributed by atoms with Crippen molar-refractivity contribution in [3.05, 3.63) is 29.8 Å². The van der Waals surface area contributed by atoms with Gasteiger partial charge in [-0.05, 0) is 30.8 Å². The molecule has 0 radical (unpaired) electrons. The van der Waals surface area contributed by atoms with Gasteiger partial charge in [-0.3, -0.25) is 10.1 Å². The number of nitrogens with zero attached hydrogens (tertiary/aromatic N) is 4. The predicted molar refractivity (Wildman–Crippen MR) is 62.0 cm³/mol. The first-order chi connectivity index (χ1) is 8.19. The van der Waals surface area contributed by atoms with E-state index in [1.165, 1.54) is 11.8 Å². The molecule has 2 aromatic heterocycles. The van der Waals surface area contributed by atoms with E-state index in [0.29, 0.717) is 10.9 Å². The van der Waals surface area contributed by atoms with Crippen molar-refractivity contribution in [2.24, 2.45) is 10.9 Å². The van der Waals surface area contributed by atoms with Gasteiger partial charge in [0.2, 0.25) is 5.16 Å². The lowest BCUT2D eigenvalue weighted by atomic mass is 10.3. The van der Waals surface area contributed by atoms with E-state index in [4.69, 9.17) is 10.9 Å². The monoisotopic (exact) mass is 250 g/mol. The second-order valence-corrected chi connectivity index (χ2v) is 4.21. The first-order valence-electron chi connectivity index (χ1n) is 4.70. The third kappa shape index (κ3) is 2.72. The predicted octanol–water partition coefficient (Wildman–Crippen LogP) is 0.754. The molecule has 0 aromatic carbocycles. The van der Waals surface area contributed by atoms with Crippen LogP contribution in [-0.4, -0.2) is 31.2 Å². The Morgan fingerprint density at radius 3 is 3.06 bits per heavy atom. The highest BCUT2D eigenvalue weighted by atomic mass is 32.2. The molecule has 0 bridgehead atoms. The molecule has 8 heteroatoms. The van der Waals surface area contributed by atoms with Gasteiger partial charge in [-0.1, -0.05) is 5.16 Å². The summed E-state index contributed by atoms with van der Waals surface area (Å²) in [5.74, 6) is 0.719. The smallest absolute Gasteiger partial charge is 0.213 e. The summed E-state index contributed by atoms with van der Waals surface area (Å²) in [5, 5.41) is 18.8. The maximum atomic E-state index is 8.56. The maximum absolute atomic E-state index is 8.56. The molecule has 2 heterocycles. The third-order valence-corrected chi connectivity index (χ3v) is 2.74. The maximum Gasteiger partial charge on any atom is 0.213 e. The Morgan fingerprint density at radius 2 is 2.41 bits per heavy atom. The molecule has 0 atom stereocenters. The fourth-order valence-corrected chi connectivity index (χ4v) is 1.92. The number of aryl methyl sites for hydroxylation is 1. The minimum Gasteiger partial charge on any atom is -0.409 e. The minimum atomic E-state index is -0.0291. The molecular weight excluding hydrogens is 240 g/mol. The average molecular weight is 250 g/mol. The van der Waals surface area contributed by atoms with Crippen LogP contribution in [-0.2, 0) is 0 Å². The summed E-state index contributed by atoms with van der Waals surface area (Å²) in [7, 11) is 0. The van der Waals surface area contributed by atoms with Crippen LogP contribution in [0.4, 0.5) is 0 Å². The first kappa shape index (κ1) is 11.4. The summed E-state index contributed by atoms with van der Waals surface area (Å²) in [4.78, 5) is 9.01. The van der Waals surface area contributed by atoms with E-state index in [0.717, 1.165) is 10.7 Å². The number of aromatic nitrogens is 4. The minimum absolute atomic E-state index is 0.0291. The van der Waals surface area contributed by atoms with Crippen LogP contribution in [0.5, 0.6) is 0 Å². The lowest BCUT2D eigenvalue weighted by molar-refractivity contribution is 0.318. The van der Waals surface area contributed by atoms with E-state index in [1.54, 1.807) is 18.3 Å². The van der Waals surface area contributed by atoms with Gasteiger partial charge in [0.25, 0.3) is 0 Å². The van der Waals surface area contributed by atoms with Crippen molar-refractivity contribution in [3.8, 4) is 0 Å². The van der Waals surface area contributed by atoms with Crippen LogP contribution < -0.4 is 5.73 Å². The van der Waals surface area contributed by atoms with E-state index in [2.05, 4.69) is 25.3 Å². The molecule has 4 N–H and O–H groups in total. The fraction of sp³-hybridized carbons (Fsp3) is 0.111. The van der Waals surface area contributed by atoms with Gasteiger partial charge < -0.3 is 10.9 Å². The zero-order chi connectivity index (χ0) is 12.3. The van der Waals surface area contributed by atoms with Crippen LogP contribution in [0.15, 0.2) is 33.5 Å². The van der Waals surface area contributed by atoms with Gasteiger partial charge in [0.05, 0.1) is 0 Å². The molecule has 7 nitrogen and oxygen atoms in total. The molecule has 0 fully saturated rings. The van der Waals surface area contributed by atoms with Crippen LogP contribution in [0.1, 0.15) is 11.5 Å². The quantitative estimate of drug-likeness (QED) is 0.321. The van der Waals surface area contributed by atoms with Gasteiger partial charge >= 0.3 is 0 Å². The molecule has 0 amide bonds. The number of hydrogen-bond acceptors (Lipinski definition) is 6. The Labute approximate surface area is 101 Å². The molecular formula is C9H10N6OS. The molecule has 0 saturated heterocycles. The fourth-order valence-electron chi connectivity index (χ4n) is 1.14. The number of H-pyrrole nitrogens is 1. The normalized spacial score (nSPS) is 11.7. The van der Waals surface area contributed by atoms with Gasteiger partial charge in [0, 0.05) is 11.1 Å². The third-order valence-electron chi connectivity index (χ3n) is 1.89. The number of amidine groups is 1. The molecule has 0 aliphatic heterocycles. The molecule has 2 rings (SSSR count). The van der Waals surface area contributed by atoms with Gasteiger partial charge in [-0.15, -0.1) is 5.10 Å². The Hall–Kier alpha value is -2.09. The Morgan fingerprint density at radius 1 is 1.59 bits per heavy atom. The SMILES string of the molecule is Cc1nc(Sc2ccnc(C(N)=NO)c2)n[nH]1. The number of nitrogens with one attached hydrogen (secondary N) is 1. The summed E-state index contributed by atoms with van der Waals surface area (Å²) in [6, 6.07) is 3.50. The van der Waals surface area contributed by atoms with Crippen LogP contribution in [0.2, 0.25) is 0 Å². The van der Waals surface area contributed by atoms with E-state index in [1.807, 2.05) is 6.92 Å². The average Bonchev–Trinajstić information content (AvgIpc) is 2.74. The van der Waals surface area contributed by atoms with Crippen molar-refractivity contribution in [3.63, 3.8) is 0 Å². The molecule has 0 aliphatic carbocycles. The van der Waals surface area contributed by atoms with Crippen molar-refractivity contribution >= 4 is 17.6 Å². The van der Waals surface area contributed by atoms with E-state index < -0.39 is 0 Å². The number of pyridine rings is 1.